The molecule has 3 heterocycles. The number of pyridine rings is 1. The van der Waals surface area contributed by atoms with E-state index in [0.29, 0.717) is 0 Å². The number of hydrogen-bond donors (Lipinski definition) is 0. The summed E-state index contributed by atoms with van der Waals surface area (Å²) in [6, 6.07) is 10.5. The van der Waals surface area contributed by atoms with Crippen molar-refractivity contribution in [3.63, 3.8) is 0 Å². The normalized spacial score (nSPS) is 11.1. The summed E-state index contributed by atoms with van der Waals surface area (Å²) < 4.78 is 1.91. The molecule has 0 atom stereocenters. The van der Waals surface area contributed by atoms with E-state index < -0.39 is 0 Å². The minimum atomic E-state index is 0.849. The van der Waals surface area contributed by atoms with Crippen molar-refractivity contribution in [3.05, 3.63) is 71.8 Å². The van der Waals surface area contributed by atoms with E-state index in [1.165, 1.54) is 16.7 Å². The Kier molecular flexibility index (Phi) is 3.38. The zero-order valence-electron chi connectivity index (χ0n) is 14.0. The summed E-state index contributed by atoms with van der Waals surface area (Å²) in [6.07, 6.45) is 7.40. The van der Waals surface area contributed by atoms with E-state index >= 15 is 0 Å². The van der Waals surface area contributed by atoms with Crippen LogP contribution in [0.2, 0.25) is 0 Å². The topological polar surface area (TPSA) is 43.1 Å². The van der Waals surface area contributed by atoms with Crippen molar-refractivity contribution in [2.45, 2.75) is 20.8 Å². The molecule has 4 heteroatoms. The largest absolute Gasteiger partial charge is 0.264 e. The highest BCUT2D eigenvalue weighted by molar-refractivity contribution is 5.80. The van der Waals surface area contributed by atoms with E-state index in [2.05, 4.69) is 54.0 Å². The third-order valence-corrected chi connectivity index (χ3v) is 4.53. The highest BCUT2D eigenvalue weighted by Crippen LogP contribution is 2.29. The Labute approximate surface area is 140 Å². The first-order valence-electron chi connectivity index (χ1n) is 7.96. The van der Waals surface area contributed by atoms with Crippen LogP contribution >= 0.6 is 0 Å². The van der Waals surface area contributed by atoms with E-state index in [4.69, 9.17) is 0 Å². The van der Waals surface area contributed by atoms with E-state index in [0.717, 1.165) is 28.0 Å². The Morgan fingerprint density at radius 3 is 2.46 bits per heavy atom. The van der Waals surface area contributed by atoms with Crippen LogP contribution in [0.15, 0.2) is 55.1 Å². The zero-order valence-corrected chi connectivity index (χ0v) is 14.0. The molecular formula is C20H18N4. The van der Waals surface area contributed by atoms with Gasteiger partial charge in [0.2, 0.25) is 0 Å². The van der Waals surface area contributed by atoms with Crippen molar-refractivity contribution in [2.24, 2.45) is 0 Å². The third-order valence-electron chi connectivity index (χ3n) is 4.53. The minimum Gasteiger partial charge on any atom is -0.264 e. The van der Waals surface area contributed by atoms with E-state index in [1.54, 1.807) is 0 Å². The van der Waals surface area contributed by atoms with Gasteiger partial charge in [0, 0.05) is 35.3 Å². The van der Waals surface area contributed by atoms with Crippen molar-refractivity contribution >= 4 is 5.65 Å². The summed E-state index contributed by atoms with van der Waals surface area (Å²) in [4.78, 5) is 8.89. The molecule has 0 N–H and O–H groups in total. The van der Waals surface area contributed by atoms with Crippen LogP contribution in [0.1, 0.15) is 16.7 Å². The smallest absolute Gasteiger partial charge is 0.162 e. The summed E-state index contributed by atoms with van der Waals surface area (Å²) >= 11 is 0. The molecule has 0 aliphatic heterocycles. The van der Waals surface area contributed by atoms with Gasteiger partial charge in [0.25, 0.3) is 0 Å². The lowest BCUT2D eigenvalue weighted by Crippen LogP contribution is -1.97. The summed E-state index contributed by atoms with van der Waals surface area (Å²) in [5.41, 5.74) is 8.83. The van der Waals surface area contributed by atoms with Gasteiger partial charge < -0.3 is 0 Å². The summed E-state index contributed by atoms with van der Waals surface area (Å²) in [7, 11) is 0. The molecule has 1 aromatic carbocycles. The lowest BCUT2D eigenvalue weighted by molar-refractivity contribution is 0.943. The van der Waals surface area contributed by atoms with Crippen LogP contribution in [0.4, 0.5) is 0 Å². The molecule has 0 bridgehead atoms. The number of rotatable bonds is 2. The van der Waals surface area contributed by atoms with Crippen LogP contribution in [-0.4, -0.2) is 19.6 Å². The number of aromatic nitrogens is 4. The molecular weight excluding hydrogens is 296 g/mol. The van der Waals surface area contributed by atoms with E-state index in [1.807, 2.05) is 41.4 Å². The Morgan fingerprint density at radius 2 is 1.67 bits per heavy atom. The monoisotopic (exact) mass is 314 g/mol. The second kappa shape index (κ2) is 5.57. The van der Waals surface area contributed by atoms with Crippen molar-refractivity contribution < 1.29 is 0 Å². The van der Waals surface area contributed by atoms with Gasteiger partial charge in [-0.3, -0.25) is 4.98 Å². The molecule has 0 saturated carbocycles. The summed E-state index contributed by atoms with van der Waals surface area (Å²) in [5.74, 6) is 0. The van der Waals surface area contributed by atoms with Gasteiger partial charge in [-0.2, -0.15) is 5.10 Å². The maximum absolute atomic E-state index is 4.64. The highest BCUT2D eigenvalue weighted by Gasteiger charge is 2.13. The molecule has 0 saturated heterocycles. The molecule has 0 fully saturated rings. The first kappa shape index (κ1) is 14.6. The molecule has 0 aliphatic rings. The zero-order chi connectivity index (χ0) is 16.7. The average molecular weight is 314 g/mol. The fourth-order valence-corrected chi connectivity index (χ4v) is 2.95. The molecule has 0 radical (unpaired) electrons. The van der Waals surface area contributed by atoms with Crippen LogP contribution in [0.5, 0.6) is 0 Å². The van der Waals surface area contributed by atoms with Gasteiger partial charge in [-0.05, 0) is 55.7 Å². The number of aryl methyl sites for hydroxylation is 3. The lowest BCUT2D eigenvalue weighted by Gasteiger charge is -2.08. The van der Waals surface area contributed by atoms with Crippen molar-refractivity contribution in [1.29, 1.82) is 0 Å². The molecule has 118 valence electrons. The second-order valence-electron chi connectivity index (χ2n) is 6.11. The van der Waals surface area contributed by atoms with Crippen LogP contribution in [0.25, 0.3) is 28.0 Å². The Balaban J connectivity index is 1.94. The predicted molar refractivity (Wildman–Crippen MR) is 95.9 cm³/mol. The number of nitrogens with zero attached hydrogens (tertiary/aromatic N) is 4. The summed E-state index contributed by atoms with van der Waals surface area (Å²) in [5, 5.41) is 4.52. The van der Waals surface area contributed by atoms with Gasteiger partial charge in [0.05, 0.1) is 11.9 Å². The summed E-state index contributed by atoms with van der Waals surface area (Å²) in [6.45, 7) is 6.33. The molecule has 4 rings (SSSR count). The Morgan fingerprint density at radius 1 is 0.792 bits per heavy atom. The van der Waals surface area contributed by atoms with Crippen molar-refractivity contribution in [3.8, 4) is 22.4 Å². The van der Waals surface area contributed by atoms with Gasteiger partial charge in [0.1, 0.15) is 0 Å². The fraction of sp³-hybridized carbons (Fsp3) is 0.150. The first-order valence-corrected chi connectivity index (χ1v) is 7.96. The van der Waals surface area contributed by atoms with Gasteiger partial charge >= 0.3 is 0 Å². The third kappa shape index (κ3) is 2.27. The van der Waals surface area contributed by atoms with Gasteiger partial charge in [-0.25, -0.2) is 9.50 Å². The Hall–Kier alpha value is -3.01. The van der Waals surface area contributed by atoms with Gasteiger partial charge in [-0.1, -0.05) is 12.1 Å². The molecule has 0 amide bonds. The highest BCUT2D eigenvalue weighted by atomic mass is 15.3. The first-order chi connectivity index (χ1) is 11.6. The van der Waals surface area contributed by atoms with Crippen LogP contribution < -0.4 is 0 Å². The van der Waals surface area contributed by atoms with Crippen molar-refractivity contribution in [1.82, 2.24) is 19.6 Å². The molecule has 0 unspecified atom stereocenters. The van der Waals surface area contributed by atoms with E-state index in [9.17, 15) is 0 Å². The molecule has 4 nitrogen and oxygen atoms in total. The average Bonchev–Trinajstić information content (AvgIpc) is 3.02. The van der Waals surface area contributed by atoms with Crippen molar-refractivity contribution in [2.75, 3.05) is 0 Å². The molecule has 4 aromatic rings. The number of hydrogen-bond acceptors (Lipinski definition) is 3. The number of benzene rings is 1. The minimum absolute atomic E-state index is 0.849. The standard InChI is InChI=1S/C20H18N4/c1-13-4-5-16(10-15(13)3)19-12-22-20-17(7-9-23-24(19)20)18-11-21-8-6-14(18)2/h4-12H,1-3H3. The maximum atomic E-state index is 4.64. The molecule has 24 heavy (non-hydrogen) atoms. The van der Waals surface area contributed by atoms with Crippen LogP contribution in [0.3, 0.4) is 0 Å². The molecule has 0 spiro atoms. The maximum Gasteiger partial charge on any atom is 0.162 e. The number of imidazole rings is 1. The second-order valence-corrected chi connectivity index (χ2v) is 6.11. The van der Waals surface area contributed by atoms with Crippen LogP contribution in [-0.2, 0) is 0 Å². The van der Waals surface area contributed by atoms with Gasteiger partial charge in [-0.15, -0.1) is 0 Å². The van der Waals surface area contributed by atoms with Gasteiger partial charge in [0.15, 0.2) is 5.65 Å². The SMILES string of the molecule is Cc1ccc(-c2cnc3c(-c4cnccc4C)ccnn23)cc1C. The number of fused-ring (bicyclic) bond motifs is 1. The molecule has 3 aromatic heterocycles. The lowest BCUT2D eigenvalue weighted by atomic mass is 10.0. The molecule has 0 aliphatic carbocycles. The van der Waals surface area contributed by atoms with Crippen LogP contribution in [0, 0.1) is 20.8 Å². The fourth-order valence-electron chi connectivity index (χ4n) is 2.95. The Bertz CT molecular complexity index is 1050. The predicted octanol–water partition coefficient (Wildman–Crippen LogP) is 4.38. The van der Waals surface area contributed by atoms with E-state index in [-0.39, 0.29) is 0 Å². The quantitative estimate of drug-likeness (QED) is 0.551.